The van der Waals surface area contributed by atoms with E-state index < -0.39 is 65.1 Å². The van der Waals surface area contributed by atoms with Crippen LogP contribution in [0.5, 0.6) is 0 Å². The third-order valence-electron chi connectivity index (χ3n) is 5.60. The summed E-state index contributed by atoms with van der Waals surface area (Å²) in [5, 5.41) is 9.45. The van der Waals surface area contributed by atoms with Crippen molar-refractivity contribution in [2.75, 3.05) is 6.54 Å². The Morgan fingerprint density at radius 3 is 2.03 bits per heavy atom. The van der Waals surface area contributed by atoms with E-state index in [4.69, 9.17) is 4.74 Å². The third kappa shape index (κ3) is 5.32. The van der Waals surface area contributed by atoms with E-state index in [0.717, 1.165) is 17.0 Å². The molecule has 0 aromatic heterocycles. The number of hydrogen-bond donors (Lipinski definition) is 1. The molecule has 0 unspecified atom stereocenters. The zero-order chi connectivity index (χ0) is 25.4. The average molecular weight is 493 g/mol. The van der Waals surface area contributed by atoms with E-state index >= 15 is 0 Å². The molecular weight excluding hydrogens is 475 g/mol. The number of carboxylic acid groups (broad SMARTS) is 1. The van der Waals surface area contributed by atoms with Crippen molar-refractivity contribution in [3.63, 3.8) is 0 Å². The Balaban J connectivity index is 1.99. The number of rotatable bonds is 5. The molecule has 0 saturated carbocycles. The molecule has 2 aromatic carbocycles. The van der Waals surface area contributed by atoms with Crippen LogP contribution in [0.15, 0.2) is 42.5 Å². The van der Waals surface area contributed by atoms with Gasteiger partial charge in [0.05, 0.1) is 29.9 Å². The van der Waals surface area contributed by atoms with Crippen molar-refractivity contribution in [2.24, 2.45) is 0 Å². The lowest BCUT2D eigenvalue weighted by Gasteiger charge is -2.26. The van der Waals surface area contributed by atoms with Gasteiger partial charge in [0.25, 0.3) is 0 Å². The molecule has 0 radical (unpaired) electrons. The highest BCUT2D eigenvalue weighted by molar-refractivity contribution is 5.74. The molecule has 184 valence electrons. The second-order valence-corrected chi connectivity index (χ2v) is 7.79. The smallest absolute Gasteiger partial charge is 0.416 e. The number of carbonyl (C=O) groups is 2. The lowest BCUT2D eigenvalue weighted by molar-refractivity contribution is -0.143. The normalized spacial score (nSPS) is 22.0. The van der Waals surface area contributed by atoms with Gasteiger partial charge in [-0.1, -0.05) is 12.1 Å². The molecule has 0 aliphatic carbocycles. The van der Waals surface area contributed by atoms with E-state index in [1.807, 2.05) is 0 Å². The molecule has 1 fully saturated rings. The molecule has 5 nitrogen and oxygen atoms in total. The van der Waals surface area contributed by atoms with Crippen LogP contribution < -0.4 is 0 Å². The lowest BCUT2D eigenvalue weighted by Crippen LogP contribution is -2.37. The van der Waals surface area contributed by atoms with E-state index in [0.29, 0.717) is 24.0 Å². The largest absolute Gasteiger partial charge is 0.465 e. The molecule has 1 aliphatic heterocycles. The van der Waals surface area contributed by atoms with Gasteiger partial charge in [-0.25, -0.2) is 9.18 Å². The first kappa shape index (κ1) is 25.5. The Morgan fingerprint density at radius 2 is 1.59 bits per heavy atom. The van der Waals surface area contributed by atoms with Crippen molar-refractivity contribution in [3.05, 3.63) is 70.5 Å². The van der Waals surface area contributed by atoms with Crippen LogP contribution in [0.25, 0.3) is 0 Å². The van der Waals surface area contributed by atoms with Crippen molar-refractivity contribution in [3.8, 4) is 0 Å². The number of hydrogen-bond acceptors (Lipinski definition) is 3. The number of amides is 1. The Kier molecular flexibility index (Phi) is 6.92. The summed E-state index contributed by atoms with van der Waals surface area (Å²) in [7, 11) is 0. The second kappa shape index (κ2) is 9.24. The van der Waals surface area contributed by atoms with Crippen molar-refractivity contribution in [1.29, 1.82) is 0 Å². The maximum Gasteiger partial charge on any atom is 0.416 e. The van der Waals surface area contributed by atoms with Gasteiger partial charge in [-0.2, -0.15) is 26.3 Å². The van der Waals surface area contributed by atoms with E-state index in [1.54, 1.807) is 0 Å². The Hall–Kier alpha value is -3.15. The maximum absolute atomic E-state index is 13.4. The van der Waals surface area contributed by atoms with Crippen LogP contribution in [0.1, 0.15) is 41.2 Å². The summed E-state index contributed by atoms with van der Waals surface area (Å²) in [6.45, 7) is 0.840. The minimum Gasteiger partial charge on any atom is -0.465 e. The van der Waals surface area contributed by atoms with Crippen molar-refractivity contribution in [1.82, 2.24) is 4.90 Å². The highest BCUT2D eigenvalue weighted by atomic mass is 19.4. The summed E-state index contributed by atoms with van der Waals surface area (Å²) in [5.41, 5.74) is -3.16. The van der Waals surface area contributed by atoms with Gasteiger partial charge >= 0.3 is 18.4 Å². The van der Waals surface area contributed by atoms with Crippen LogP contribution in [0.2, 0.25) is 0 Å². The van der Waals surface area contributed by atoms with E-state index in [1.165, 1.54) is 19.1 Å². The van der Waals surface area contributed by atoms with Crippen LogP contribution in [0.4, 0.5) is 35.5 Å². The van der Waals surface area contributed by atoms with Gasteiger partial charge in [-0.05, 0) is 48.4 Å². The van der Waals surface area contributed by atoms with Gasteiger partial charge in [0.15, 0.2) is 0 Å². The minimum absolute atomic E-state index is 0.0122. The van der Waals surface area contributed by atoms with Crippen molar-refractivity contribution >= 4 is 12.4 Å². The fraction of sp³-hybridized carbons (Fsp3) is 0.364. The Morgan fingerprint density at radius 1 is 1.06 bits per heavy atom. The molecule has 0 bridgehead atoms. The molecule has 12 heteroatoms. The Bertz CT molecular complexity index is 1020. The number of aldehydes is 1. The standard InChI is InChI=1S/C22H18F7NO4/c1-11(13-6-14(21(24,25)26)8-15(7-13)22(27,28)29)34-18-9-30(20(32)33)17(10-31)19(18)12-2-4-16(23)5-3-12/h2-8,10-11,17-19H,9H2,1H3,(H,32,33)/t11-,17+,18+,19+/m1/s1. The molecule has 1 amide bonds. The van der Waals surface area contributed by atoms with Crippen LogP contribution >= 0.6 is 0 Å². The van der Waals surface area contributed by atoms with Gasteiger partial charge in [0, 0.05) is 5.92 Å². The minimum atomic E-state index is -5.05. The monoisotopic (exact) mass is 493 g/mol. The van der Waals surface area contributed by atoms with Gasteiger partial charge in [-0.15, -0.1) is 0 Å². The Labute approximate surface area is 188 Å². The van der Waals surface area contributed by atoms with Gasteiger partial charge in [-0.3, -0.25) is 4.90 Å². The highest BCUT2D eigenvalue weighted by Crippen LogP contribution is 2.40. The third-order valence-corrected chi connectivity index (χ3v) is 5.60. The molecule has 1 aliphatic rings. The van der Waals surface area contributed by atoms with E-state index in [-0.39, 0.29) is 12.6 Å². The van der Waals surface area contributed by atoms with Crippen LogP contribution in [0.3, 0.4) is 0 Å². The first-order valence-electron chi connectivity index (χ1n) is 9.87. The summed E-state index contributed by atoms with van der Waals surface area (Å²) in [6.07, 6.45) is -13.7. The van der Waals surface area contributed by atoms with Gasteiger partial charge in [0.2, 0.25) is 0 Å². The highest BCUT2D eigenvalue weighted by Gasteiger charge is 2.46. The summed E-state index contributed by atoms with van der Waals surface area (Å²) in [6, 6.07) is 4.52. The maximum atomic E-state index is 13.4. The molecule has 1 N–H and O–H groups in total. The quantitative estimate of drug-likeness (QED) is 0.432. The summed E-state index contributed by atoms with van der Waals surface area (Å²) < 4.78 is 98.4. The van der Waals surface area contributed by atoms with Crippen LogP contribution in [-0.2, 0) is 21.9 Å². The second-order valence-electron chi connectivity index (χ2n) is 7.79. The molecular formula is C22H18F7NO4. The topological polar surface area (TPSA) is 66.8 Å². The molecule has 2 aromatic rings. The van der Waals surface area contributed by atoms with E-state index in [2.05, 4.69) is 0 Å². The number of likely N-dealkylation sites (tertiary alicyclic amines) is 1. The van der Waals surface area contributed by atoms with E-state index in [9.17, 15) is 45.4 Å². The number of carbonyl (C=O) groups excluding carboxylic acids is 1. The fourth-order valence-corrected chi connectivity index (χ4v) is 3.99. The van der Waals surface area contributed by atoms with Crippen LogP contribution in [-0.4, -0.2) is 41.1 Å². The first-order chi connectivity index (χ1) is 15.7. The summed E-state index contributed by atoms with van der Waals surface area (Å²) in [4.78, 5) is 24.1. The van der Waals surface area contributed by atoms with Gasteiger partial charge in [0.1, 0.15) is 18.1 Å². The molecule has 34 heavy (non-hydrogen) atoms. The zero-order valence-electron chi connectivity index (χ0n) is 17.4. The SMILES string of the molecule is C[C@@H](O[C@H]1CN(C(=O)O)[C@@H](C=O)[C@@H]1c1ccc(F)cc1)c1cc(C(F)(F)F)cc(C(F)(F)F)c1. The first-order valence-corrected chi connectivity index (χ1v) is 9.87. The molecule has 4 atom stereocenters. The zero-order valence-corrected chi connectivity index (χ0v) is 17.4. The predicted octanol–water partition coefficient (Wildman–Crippen LogP) is 5.65. The number of ether oxygens (including phenoxy) is 1. The number of benzene rings is 2. The lowest BCUT2D eigenvalue weighted by atomic mass is 9.90. The molecule has 1 saturated heterocycles. The van der Waals surface area contributed by atoms with Crippen molar-refractivity contribution < 1.29 is 50.2 Å². The number of halogens is 7. The molecule has 0 spiro atoms. The fourth-order valence-electron chi connectivity index (χ4n) is 3.99. The number of nitrogens with zero attached hydrogens (tertiary/aromatic N) is 1. The summed E-state index contributed by atoms with van der Waals surface area (Å²) in [5.74, 6) is -1.57. The van der Waals surface area contributed by atoms with Gasteiger partial charge < -0.3 is 14.6 Å². The summed E-state index contributed by atoms with van der Waals surface area (Å²) >= 11 is 0. The molecule has 1 heterocycles. The van der Waals surface area contributed by atoms with Crippen LogP contribution in [0, 0.1) is 5.82 Å². The van der Waals surface area contributed by atoms with Crippen molar-refractivity contribution in [2.45, 2.75) is 43.4 Å². The predicted molar refractivity (Wildman–Crippen MR) is 103 cm³/mol. The number of alkyl halides is 6. The average Bonchev–Trinajstić information content (AvgIpc) is 3.11. The molecule has 3 rings (SSSR count).